The van der Waals surface area contributed by atoms with Crippen molar-refractivity contribution in [3.63, 3.8) is 0 Å². The molecule has 0 spiro atoms. The van der Waals surface area contributed by atoms with Crippen LogP contribution in [0.5, 0.6) is 5.75 Å². The normalized spacial score (nSPS) is 11.9. The first-order valence-corrected chi connectivity index (χ1v) is 6.05. The molecule has 0 heterocycles. The highest BCUT2D eigenvalue weighted by Crippen LogP contribution is 2.24. The van der Waals surface area contributed by atoms with E-state index in [2.05, 4.69) is 26.0 Å². The smallest absolute Gasteiger partial charge is 0.387 e. The zero-order valence-electron chi connectivity index (χ0n) is 10.1. The van der Waals surface area contributed by atoms with Gasteiger partial charge in [0.05, 0.1) is 0 Å². The number of halogens is 3. The number of benzene rings is 1. The number of nitrogens with one attached hydrogen (secondary N) is 1. The predicted molar refractivity (Wildman–Crippen MR) is 67.4 cm³/mol. The zero-order chi connectivity index (χ0) is 13.1. The van der Waals surface area contributed by atoms with Gasteiger partial charge in [0.15, 0.2) is 0 Å². The van der Waals surface area contributed by atoms with E-state index in [0.717, 1.165) is 10.0 Å². The first kappa shape index (κ1) is 14.4. The highest BCUT2D eigenvalue weighted by molar-refractivity contribution is 9.10. The number of alkyl halides is 2. The Bertz CT molecular complexity index is 377. The number of hydrogen-bond acceptors (Lipinski definition) is 2. The van der Waals surface area contributed by atoms with Crippen LogP contribution in [0.2, 0.25) is 0 Å². The van der Waals surface area contributed by atoms with Gasteiger partial charge in [0, 0.05) is 16.6 Å². The van der Waals surface area contributed by atoms with E-state index in [1.807, 2.05) is 20.8 Å². The quantitative estimate of drug-likeness (QED) is 0.910. The summed E-state index contributed by atoms with van der Waals surface area (Å²) in [6.07, 6.45) is 0. The molecule has 1 aromatic carbocycles. The molecule has 1 aromatic rings. The van der Waals surface area contributed by atoms with E-state index in [-0.39, 0.29) is 11.3 Å². The summed E-state index contributed by atoms with van der Waals surface area (Å²) in [6.45, 7) is 3.92. The number of hydrogen-bond donors (Lipinski definition) is 1. The minimum atomic E-state index is -2.79. The van der Waals surface area contributed by atoms with E-state index in [4.69, 9.17) is 0 Å². The van der Waals surface area contributed by atoms with E-state index < -0.39 is 6.61 Å². The SMILES string of the molecule is CC(C)(C)NCc1cc(OC(F)F)ccc1Br. The van der Waals surface area contributed by atoms with Gasteiger partial charge in [-0.1, -0.05) is 15.9 Å². The van der Waals surface area contributed by atoms with E-state index in [1.54, 1.807) is 12.1 Å². The minimum Gasteiger partial charge on any atom is -0.435 e. The largest absolute Gasteiger partial charge is 0.435 e. The van der Waals surface area contributed by atoms with Crippen LogP contribution in [0.25, 0.3) is 0 Å². The van der Waals surface area contributed by atoms with Crippen molar-refractivity contribution in [1.29, 1.82) is 0 Å². The second-order valence-corrected chi connectivity index (χ2v) is 5.59. The summed E-state index contributed by atoms with van der Waals surface area (Å²) in [6, 6.07) is 4.82. The fourth-order valence-corrected chi connectivity index (χ4v) is 1.61. The molecule has 0 fully saturated rings. The van der Waals surface area contributed by atoms with Gasteiger partial charge in [0.1, 0.15) is 5.75 Å². The van der Waals surface area contributed by atoms with Gasteiger partial charge < -0.3 is 10.1 Å². The third kappa shape index (κ3) is 5.46. The van der Waals surface area contributed by atoms with Crippen molar-refractivity contribution >= 4 is 15.9 Å². The van der Waals surface area contributed by atoms with Crippen molar-refractivity contribution in [3.8, 4) is 5.75 Å². The lowest BCUT2D eigenvalue weighted by Crippen LogP contribution is -2.35. The zero-order valence-corrected chi connectivity index (χ0v) is 11.6. The molecular formula is C12H16BrF2NO. The molecule has 0 aromatic heterocycles. The Labute approximate surface area is 108 Å². The van der Waals surface area contributed by atoms with E-state index in [1.165, 1.54) is 6.07 Å². The minimum absolute atomic E-state index is 0.0288. The standard InChI is InChI=1S/C12H16BrF2NO/c1-12(2,3)16-7-8-6-9(17-11(14)15)4-5-10(8)13/h4-6,11,16H,7H2,1-3H3. The molecule has 5 heteroatoms. The number of ether oxygens (including phenoxy) is 1. The summed E-state index contributed by atoms with van der Waals surface area (Å²) in [5.74, 6) is 0.175. The summed E-state index contributed by atoms with van der Waals surface area (Å²) >= 11 is 3.38. The average molecular weight is 308 g/mol. The van der Waals surface area contributed by atoms with Gasteiger partial charge >= 0.3 is 6.61 Å². The Morgan fingerprint density at radius 1 is 1.35 bits per heavy atom. The Kier molecular flexibility index (Phi) is 4.89. The van der Waals surface area contributed by atoms with Crippen LogP contribution in [0, 0.1) is 0 Å². The van der Waals surface area contributed by atoms with Crippen molar-refractivity contribution in [2.24, 2.45) is 0 Å². The molecule has 2 nitrogen and oxygen atoms in total. The van der Waals surface area contributed by atoms with Crippen LogP contribution in [0.4, 0.5) is 8.78 Å². The third-order valence-corrected chi connectivity index (χ3v) is 2.83. The molecule has 0 saturated heterocycles. The highest BCUT2D eigenvalue weighted by Gasteiger charge is 2.11. The van der Waals surface area contributed by atoms with Gasteiger partial charge in [-0.2, -0.15) is 8.78 Å². The molecule has 1 N–H and O–H groups in total. The van der Waals surface area contributed by atoms with Crippen LogP contribution in [0.3, 0.4) is 0 Å². The van der Waals surface area contributed by atoms with Crippen LogP contribution in [0.15, 0.2) is 22.7 Å². The highest BCUT2D eigenvalue weighted by atomic mass is 79.9. The van der Waals surface area contributed by atoms with Crippen LogP contribution in [0.1, 0.15) is 26.3 Å². The van der Waals surface area contributed by atoms with Gasteiger partial charge in [-0.3, -0.25) is 0 Å². The lowest BCUT2D eigenvalue weighted by atomic mass is 10.1. The maximum absolute atomic E-state index is 12.1. The monoisotopic (exact) mass is 307 g/mol. The van der Waals surface area contributed by atoms with Gasteiger partial charge in [0.25, 0.3) is 0 Å². The first-order valence-electron chi connectivity index (χ1n) is 5.26. The van der Waals surface area contributed by atoms with Crippen molar-refractivity contribution in [3.05, 3.63) is 28.2 Å². The molecule has 0 radical (unpaired) electrons. The molecular weight excluding hydrogens is 292 g/mol. The van der Waals surface area contributed by atoms with Gasteiger partial charge in [-0.25, -0.2) is 0 Å². The van der Waals surface area contributed by atoms with Crippen LogP contribution in [-0.4, -0.2) is 12.2 Å². The Hall–Kier alpha value is -0.680. The van der Waals surface area contributed by atoms with Crippen molar-refractivity contribution in [2.45, 2.75) is 39.5 Å². The summed E-state index contributed by atoms with van der Waals surface area (Å²) in [7, 11) is 0. The Morgan fingerprint density at radius 3 is 2.53 bits per heavy atom. The maximum Gasteiger partial charge on any atom is 0.387 e. The molecule has 0 bridgehead atoms. The molecule has 0 saturated carbocycles. The topological polar surface area (TPSA) is 21.3 Å². The predicted octanol–water partition coefficient (Wildman–Crippen LogP) is 3.94. The third-order valence-electron chi connectivity index (χ3n) is 2.05. The summed E-state index contributed by atoms with van der Waals surface area (Å²) < 4.78 is 29.4. The second-order valence-electron chi connectivity index (χ2n) is 4.74. The van der Waals surface area contributed by atoms with Crippen molar-refractivity contribution < 1.29 is 13.5 Å². The molecule has 17 heavy (non-hydrogen) atoms. The molecule has 0 aliphatic heterocycles. The average Bonchev–Trinajstić information content (AvgIpc) is 2.17. The molecule has 0 aliphatic rings. The molecule has 0 unspecified atom stereocenters. The van der Waals surface area contributed by atoms with Crippen LogP contribution in [-0.2, 0) is 6.54 Å². The molecule has 0 amide bonds. The summed E-state index contributed by atoms with van der Waals surface area (Å²) in [5.41, 5.74) is 0.858. The molecule has 96 valence electrons. The van der Waals surface area contributed by atoms with Gasteiger partial charge in [-0.15, -0.1) is 0 Å². The van der Waals surface area contributed by atoms with Gasteiger partial charge in [0.2, 0.25) is 0 Å². The molecule has 1 rings (SSSR count). The van der Waals surface area contributed by atoms with Crippen LogP contribution < -0.4 is 10.1 Å². The molecule has 0 atom stereocenters. The lowest BCUT2D eigenvalue weighted by Gasteiger charge is -2.21. The van der Waals surface area contributed by atoms with Gasteiger partial charge in [-0.05, 0) is 44.5 Å². The lowest BCUT2D eigenvalue weighted by molar-refractivity contribution is -0.0499. The van der Waals surface area contributed by atoms with Crippen molar-refractivity contribution in [1.82, 2.24) is 5.32 Å². The van der Waals surface area contributed by atoms with E-state index in [9.17, 15) is 8.78 Å². The van der Waals surface area contributed by atoms with Crippen LogP contribution >= 0.6 is 15.9 Å². The van der Waals surface area contributed by atoms with E-state index in [0.29, 0.717) is 6.54 Å². The fraction of sp³-hybridized carbons (Fsp3) is 0.500. The Balaban J connectivity index is 2.76. The van der Waals surface area contributed by atoms with E-state index >= 15 is 0 Å². The summed E-state index contributed by atoms with van der Waals surface area (Å²) in [5, 5.41) is 3.29. The Morgan fingerprint density at radius 2 is 2.00 bits per heavy atom. The maximum atomic E-state index is 12.1. The first-order chi connectivity index (χ1) is 7.78. The summed E-state index contributed by atoms with van der Waals surface area (Å²) in [4.78, 5) is 0. The van der Waals surface area contributed by atoms with Crippen molar-refractivity contribution in [2.75, 3.05) is 0 Å². The fourth-order valence-electron chi connectivity index (χ4n) is 1.22. The molecule has 0 aliphatic carbocycles. The second kappa shape index (κ2) is 5.78. The number of rotatable bonds is 4.